The topological polar surface area (TPSA) is 69.9 Å². The first kappa shape index (κ1) is 11.5. The molecule has 0 spiro atoms. The van der Waals surface area contributed by atoms with E-state index in [1.54, 1.807) is 30.5 Å². The van der Waals surface area contributed by atoms with Gasteiger partial charge in [0.25, 0.3) is 0 Å². The van der Waals surface area contributed by atoms with Gasteiger partial charge < -0.3 is 20.1 Å². The zero-order valence-corrected chi connectivity index (χ0v) is 10.00. The monoisotopic (exact) mass is 256 g/mol. The number of hydrogen-bond donors (Lipinski definition) is 3. The third-order valence-electron chi connectivity index (χ3n) is 3.09. The molecule has 3 rings (SSSR count). The van der Waals surface area contributed by atoms with Gasteiger partial charge in [0, 0.05) is 29.7 Å². The van der Waals surface area contributed by atoms with Crippen LogP contribution in [0.3, 0.4) is 0 Å². The lowest BCUT2D eigenvalue weighted by atomic mass is 9.96. The first-order valence-corrected chi connectivity index (χ1v) is 5.83. The van der Waals surface area contributed by atoms with Crippen molar-refractivity contribution in [3.05, 3.63) is 53.8 Å². The van der Waals surface area contributed by atoms with E-state index in [2.05, 4.69) is 0 Å². The lowest BCUT2D eigenvalue weighted by molar-refractivity contribution is 0.441. The first-order valence-electron chi connectivity index (χ1n) is 5.83. The van der Waals surface area contributed by atoms with Gasteiger partial charge in [0.1, 0.15) is 23.0 Å². The van der Waals surface area contributed by atoms with E-state index in [1.807, 2.05) is 0 Å². The number of rotatable bonds is 1. The van der Waals surface area contributed by atoms with Crippen molar-refractivity contribution in [3.63, 3.8) is 0 Å². The smallest absolute Gasteiger partial charge is 0.133 e. The summed E-state index contributed by atoms with van der Waals surface area (Å²) in [7, 11) is 0. The lowest BCUT2D eigenvalue weighted by Crippen LogP contribution is -2.02. The minimum absolute atomic E-state index is 0.0112. The Balaban J connectivity index is 1.97. The average molecular weight is 256 g/mol. The zero-order valence-electron chi connectivity index (χ0n) is 10.00. The van der Waals surface area contributed by atoms with Gasteiger partial charge in [0.15, 0.2) is 0 Å². The van der Waals surface area contributed by atoms with Crippen LogP contribution in [0.1, 0.15) is 11.1 Å². The average Bonchev–Trinajstić information content (AvgIpc) is 2.38. The first-order chi connectivity index (χ1) is 9.13. The van der Waals surface area contributed by atoms with E-state index in [0.717, 1.165) is 11.1 Å². The minimum Gasteiger partial charge on any atom is -0.508 e. The quantitative estimate of drug-likeness (QED) is 0.733. The Kier molecular flexibility index (Phi) is 2.56. The molecular weight excluding hydrogens is 244 g/mol. The number of fused-ring (bicyclic) bond motifs is 1. The summed E-state index contributed by atoms with van der Waals surface area (Å²) in [5.41, 5.74) is 2.37. The Hall–Kier alpha value is -2.62. The molecule has 0 unspecified atom stereocenters. The molecule has 1 aliphatic rings. The van der Waals surface area contributed by atoms with Crippen LogP contribution in [-0.2, 0) is 6.42 Å². The Morgan fingerprint density at radius 3 is 2.42 bits per heavy atom. The molecule has 0 radical (unpaired) electrons. The largest absolute Gasteiger partial charge is 0.508 e. The molecule has 2 aromatic rings. The Bertz CT molecular complexity index is 674. The molecule has 0 fully saturated rings. The van der Waals surface area contributed by atoms with Gasteiger partial charge in [0.05, 0.1) is 6.26 Å². The molecule has 0 aromatic heterocycles. The van der Waals surface area contributed by atoms with Crippen molar-refractivity contribution in [3.8, 4) is 23.0 Å². The van der Waals surface area contributed by atoms with Gasteiger partial charge in [-0.3, -0.25) is 0 Å². The Morgan fingerprint density at radius 1 is 0.895 bits per heavy atom. The number of phenols is 3. The SMILES string of the molecule is Oc1ccc(C2=COc3cc(O)ccc3C2)c(O)c1. The number of allylic oxidation sites excluding steroid dienone is 1. The number of phenolic OH excluding ortho intramolecular Hbond substituents is 3. The van der Waals surface area contributed by atoms with Crippen molar-refractivity contribution in [2.75, 3.05) is 0 Å². The second-order valence-electron chi connectivity index (χ2n) is 4.43. The van der Waals surface area contributed by atoms with Crippen LogP contribution in [0.2, 0.25) is 0 Å². The zero-order chi connectivity index (χ0) is 13.4. The molecule has 4 nitrogen and oxygen atoms in total. The van der Waals surface area contributed by atoms with Gasteiger partial charge in [-0.1, -0.05) is 6.07 Å². The predicted molar refractivity (Wildman–Crippen MR) is 70.2 cm³/mol. The van der Waals surface area contributed by atoms with Gasteiger partial charge in [0.2, 0.25) is 0 Å². The van der Waals surface area contributed by atoms with Crippen molar-refractivity contribution < 1.29 is 20.1 Å². The summed E-state index contributed by atoms with van der Waals surface area (Å²) in [5.74, 6) is 0.797. The highest BCUT2D eigenvalue weighted by atomic mass is 16.5. The molecule has 1 aliphatic heterocycles. The maximum absolute atomic E-state index is 9.84. The maximum Gasteiger partial charge on any atom is 0.133 e. The maximum atomic E-state index is 9.84. The van der Waals surface area contributed by atoms with Gasteiger partial charge >= 0.3 is 0 Å². The van der Waals surface area contributed by atoms with Crippen LogP contribution in [-0.4, -0.2) is 15.3 Å². The number of hydrogen-bond acceptors (Lipinski definition) is 4. The fourth-order valence-corrected chi connectivity index (χ4v) is 2.13. The van der Waals surface area contributed by atoms with Crippen LogP contribution >= 0.6 is 0 Å². The fraction of sp³-hybridized carbons (Fsp3) is 0.0667. The summed E-state index contributed by atoms with van der Waals surface area (Å²) in [4.78, 5) is 0. The molecule has 0 amide bonds. The molecular formula is C15H12O4. The molecule has 0 saturated carbocycles. The van der Waals surface area contributed by atoms with Crippen LogP contribution in [0, 0.1) is 0 Å². The molecule has 19 heavy (non-hydrogen) atoms. The van der Waals surface area contributed by atoms with E-state index >= 15 is 0 Å². The van der Waals surface area contributed by atoms with Gasteiger partial charge in [-0.05, 0) is 23.8 Å². The van der Waals surface area contributed by atoms with Gasteiger partial charge in [-0.15, -0.1) is 0 Å². The lowest BCUT2D eigenvalue weighted by Gasteiger charge is -2.18. The summed E-state index contributed by atoms with van der Waals surface area (Å²) < 4.78 is 5.46. The van der Waals surface area contributed by atoms with E-state index in [9.17, 15) is 15.3 Å². The minimum atomic E-state index is 0.0112. The number of benzene rings is 2. The van der Waals surface area contributed by atoms with E-state index in [0.29, 0.717) is 17.7 Å². The van der Waals surface area contributed by atoms with Crippen LogP contribution in [0.25, 0.3) is 5.57 Å². The van der Waals surface area contributed by atoms with Crippen molar-refractivity contribution in [1.82, 2.24) is 0 Å². The third kappa shape index (κ3) is 2.08. The van der Waals surface area contributed by atoms with Crippen molar-refractivity contribution >= 4 is 5.57 Å². The van der Waals surface area contributed by atoms with Crippen molar-refractivity contribution in [1.29, 1.82) is 0 Å². The summed E-state index contributed by atoms with van der Waals surface area (Å²) in [6, 6.07) is 9.40. The van der Waals surface area contributed by atoms with E-state index < -0.39 is 0 Å². The molecule has 0 atom stereocenters. The standard InChI is InChI=1S/C15H12O4/c16-11-3-4-13(14(18)6-11)10-5-9-1-2-12(17)7-15(9)19-8-10/h1-4,6-8,16-18H,5H2. The Morgan fingerprint density at radius 2 is 1.63 bits per heavy atom. The molecule has 3 N–H and O–H groups in total. The summed E-state index contributed by atoms with van der Waals surface area (Å²) in [6.45, 7) is 0. The van der Waals surface area contributed by atoms with Gasteiger partial charge in [-0.2, -0.15) is 0 Å². The second-order valence-corrected chi connectivity index (χ2v) is 4.43. The van der Waals surface area contributed by atoms with E-state index in [4.69, 9.17) is 4.74 Å². The molecule has 96 valence electrons. The highest BCUT2D eigenvalue weighted by Crippen LogP contribution is 2.36. The molecule has 0 aliphatic carbocycles. The van der Waals surface area contributed by atoms with Crippen molar-refractivity contribution in [2.24, 2.45) is 0 Å². The molecule has 4 heteroatoms. The number of ether oxygens (including phenoxy) is 1. The molecule has 2 aromatic carbocycles. The van der Waals surface area contributed by atoms with E-state index in [-0.39, 0.29) is 17.2 Å². The Labute approximate surface area is 109 Å². The summed E-state index contributed by atoms with van der Waals surface area (Å²) in [6.07, 6.45) is 2.14. The van der Waals surface area contributed by atoms with Gasteiger partial charge in [-0.25, -0.2) is 0 Å². The second kappa shape index (κ2) is 4.24. The summed E-state index contributed by atoms with van der Waals surface area (Å²) in [5, 5.41) is 28.5. The summed E-state index contributed by atoms with van der Waals surface area (Å²) >= 11 is 0. The number of aromatic hydroxyl groups is 3. The van der Waals surface area contributed by atoms with Crippen LogP contribution in [0.5, 0.6) is 23.0 Å². The predicted octanol–water partition coefficient (Wildman–Crippen LogP) is 2.78. The van der Waals surface area contributed by atoms with E-state index in [1.165, 1.54) is 12.1 Å². The fourth-order valence-electron chi connectivity index (χ4n) is 2.13. The normalized spacial score (nSPS) is 13.4. The van der Waals surface area contributed by atoms with Crippen molar-refractivity contribution in [2.45, 2.75) is 6.42 Å². The molecule has 0 saturated heterocycles. The molecule has 0 bridgehead atoms. The van der Waals surface area contributed by atoms with Crippen LogP contribution < -0.4 is 4.74 Å². The van der Waals surface area contributed by atoms with Crippen LogP contribution in [0.4, 0.5) is 0 Å². The van der Waals surface area contributed by atoms with Crippen LogP contribution in [0.15, 0.2) is 42.7 Å². The molecule has 1 heterocycles. The highest BCUT2D eigenvalue weighted by molar-refractivity contribution is 5.74. The highest BCUT2D eigenvalue weighted by Gasteiger charge is 2.17. The third-order valence-corrected chi connectivity index (χ3v) is 3.09.